The van der Waals surface area contributed by atoms with Gasteiger partial charge >= 0.3 is 0 Å². The first-order valence-electron chi connectivity index (χ1n) is 8.17. The van der Waals surface area contributed by atoms with Crippen LogP contribution >= 0.6 is 0 Å². The monoisotopic (exact) mass is 270 g/mol. The van der Waals surface area contributed by atoms with Gasteiger partial charge in [-0.1, -0.05) is 33.1 Å². The molecular weight excluding hydrogens is 236 g/mol. The molecule has 0 aliphatic heterocycles. The maximum atomic E-state index is 6.56. The van der Waals surface area contributed by atoms with Crippen molar-refractivity contribution >= 4 is 0 Å². The van der Waals surface area contributed by atoms with Crippen LogP contribution in [0, 0.1) is 0 Å². The van der Waals surface area contributed by atoms with Gasteiger partial charge in [0.2, 0.25) is 0 Å². The second-order valence-electron chi connectivity index (χ2n) is 6.17. The number of hydrogen-bond donors (Lipinski definition) is 1. The van der Waals surface area contributed by atoms with Crippen molar-refractivity contribution in [3.63, 3.8) is 0 Å². The molecular formula is C16H34N2O. The quantitative estimate of drug-likeness (QED) is 0.699. The summed E-state index contributed by atoms with van der Waals surface area (Å²) in [7, 11) is 1.79. The number of nitrogens with two attached hydrogens (primary N) is 1. The summed E-state index contributed by atoms with van der Waals surface area (Å²) in [5.74, 6) is 0. The molecule has 0 amide bonds. The first kappa shape index (κ1) is 16.9. The molecule has 1 aliphatic carbocycles. The maximum absolute atomic E-state index is 6.56. The van der Waals surface area contributed by atoms with Crippen LogP contribution in [-0.4, -0.2) is 43.3 Å². The van der Waals surface area contributed by atoms with Crippen molar-refractivity contribution in [3.05, 3.63) is 0 Å². The van der Waals surface area contributed by atoms with Crippen LogP contribution in [0.25, 0.3) is 0 Å². The summed E-state index contributed by atoms with van der Waals surface area (Å²) in [5, 5.41) is 0. The van der Waals surface area contributed by atoms with Gasteiger partial charge in [-0.15, -0.1) is 0 Å². The molecule has 1 rings (SSSR count). The van der Waals surface area contributed by atoms with Gasteiger partial charge in [0.25, 0.3) is 0 Å². The van der Waals surface area contributed by atoms with Crippen LogP contribution in [0.1, 0.15) is 65.2 Å². The molecule has 0 radical (unpaired) electrons. The van der Waals surface area contributed by atoms with E-state index in [2.05, 4.69) is 18.7 Å². The summed E-state index contributed by atoms with van der Waals surface area (Å²) >= 11 is 0. The number of rotatable bonds is 9. The molecule has 0 unspecified atom stereocenters. The van der Waals surface area contributed by atoms with E-state index in [1.807, 2.05) is 0 Å². The van der Waals surface area contributed by atoms with Crippen LogP contribution in [0.3, 0.4) is 0 Å². The Balaban J connectivity index is 2.46. The third kappa shape index (κ3) is 5.80. The summed E-state index contributed by atoms with van der Waals surface area (Å²) in [6.07, 6.45) is 10.0. The van der Waals surface area contributed by atoms with Crippen molar-refractivity contribution in [1.29, 1.82) is 0 Å². The van der Waals surface area contributed by atoms with E-state index in [1.54, 1.807) is 7.11 Å². The minimum atomic E-state index is 0.107. The molecule has 0 aromatic carbocycles. The average molecular weight is 270 g/mol. The number of nitrogens with zero attached hydrogens (tertiary/aromatic N) is 1. The maximum Gasteiger partial charge on any atom is 0.0589 e. The first-order chi connectivity index (χ1) is 9.15. The second kappa shape index (κ2) is 8.93. The van der Waals surface area contributed by atoms with Crippen molar-refractivity contribution in [2.75, 3.05) is 26.8 Å². The zero-order valence-electron chi connectivity index (χ0n) is 13.3. The third-order valence-electron chi connectivity index (χ3n) is 4.79. The van der Waals surface area contributed by atoms with Crippen molar-refractivity contribution in [1.82, 2.24) is 4.90 Å². The van der Waals surface area contributed by atoms with Crippen LogP contribution in [0.2, 0.25) is 0 Å². The van der Waals surface area contributed by atoms with Crippen molar-refractivity contribution in [3.8, 4) is 0 Å². The average Bonchev–Trinajstić information content (AvgIpc) is 2.43. The van der Waals surface area contributed by atoms with Gasteiger partial charge in [0.1, 0.15) is 0 Å². The molecule has 0 heterocycles. The first-order valence-corrected chi connectivity index (χ1v) is 8.17. The summed E-state index contributed by atoms with van der Waals surface area (Å²) in [4.78, 5) is 2.59. The summed E-state index contributed by atoms with van der Waals surface area (Å²) in [6.45, 7) is 7.57. The van der Waals surface area contributed by atoms with E-state index in [9.17, 15) is 0 Å². The minimum absolute atomic E-state index is 0.107. The summed E-state index contributed by atoms with van der Waals surface area (Å²) in [5.41, 5.74) is 6.67. The molecule has 0 bridgehead atoms. The Morgan fingerprint density at radius 2 is 1.74 bits per heavy atom. The number of hydrogen-bond acceptors (Lipinski definition) is 3. The predicted octanol–water partition coefficient (Wildman–Crippen LogP) is 3.18. The molecule has 3 nitrogen and oxygen atoms in total. The van der Waals surface area contributed by atoms with Crippen LogP contribution in [0.4, 0.5) is 0 Å². The van der Waals surface area contributed by atoms with Crippen molar-refractivity contribution in [2.24, 2.45) is 5.73 Å². The molecule has 19 heavy (non-hydrogen) atoms. The molecule has 0 spiro atoms. The number of ether oxygens (including phenoxy) is 1. The molecule has 0 saturated heterocycles. The predicted molar refractivity (Wildman–Crippen MR) is 82.4 cm³/mol. The van der Waals surface area contributed by atoms with Crippen LogP contribution in [-0.2, 0) is 4.74 Å². The van der Waals surface area contributed by atoms with Gasteiger partial charge in [0, 0.05) is 31.8 Å². The smallest absolute Gasteiger partial charge is 0.0589 e. The van der Waals surface area contributed by atoms with Gasteiger partial charge in [-0.3, -0.25) is 4.90 Å². The Morgan fingerprint density at radius 3 is 2.26 bits per heavy atom. The molecule has 1 aliphatic rings. The molecule has 1 fully saturated rings. The highest BCUT2D eigenvalue weighted by Crippen LogP contribution is 2.29. The van der Waals surface area contributed by atoms with Gasteiger partial charge in [0.15, 0.2) is 0 Å². The summed E-state index contributed by atoms with van der Waals surface area (Å²) in [6, 6.07) is 0.683. The lowest BCUT2D eigenvalue weighted by atomic mass is 9.80. The van der Waals surface area contributed by atoms with Gasteiger partial charge in [-0.25, -0.2) is 0 Å². The van der Waals surface area contributed by atoms with Gasteiger partial charge in [0.05, 0.1) is 6.61 Å². The van der Waals surface area contributed by atoms with E-state index in [0.29, 0.717) is 6.04 Å². The van der Waals surface area contributed by atoms with Crippen LogP contribution in [0.15, 0.2) is 0 Å². The van der Waals surface area contributed by atoms with E-state index >= 15 is 0 Å². The lowest BCUT2D eigenvalue weighted by Crippen LogP contribution is -2.47. The summed E-state index contributed by atoms with van der Waals surface area (Å²) < 4.78 is 5.26. The Kier molecular flexibility index (Phi) is 7.96. The fourth-order valence-electron chi connectivity index (χ4n) is 3.36. The second-order valence-corrected chi connectivity index (χ2v) is 6.17. The number of methoxy groups -OCH3 is 1. The SMILES string of the molecule is CCC(CC)N(CCOC)CCC1(N)CCCCC1. The standard InChI is InChI=1S/C16H34N2O/c1-4-15(5-2)18(13-14-19-3)12-11-16(17)9-7-6-8-10-16/h15H,4-14,17H2,1-3H3. The normalized spacial score (nSPS) is 19.3. The van der Waals surface area contributed by atoms with Crippen molar-refractivity contribution in [2.45, 2.75) is 76.8 Å². The zero-order chi connectivity index (χ0) is 14.1. The lowest BCUT2D eigenvalue weighted by molar-refractivity contribution is 0.104. The molecule has 0 aromatic heterocycles. The Morgan fingerprint density at radius 1 is 1.11 bits per heavy atom. The highest BCUT2D eigenvalue weighted by Gasteiger charge is 2.28. The van der Waals surface area contributed by atoms with E-state index in [-0.39, 0.29) is 5.54 Å². The van der Waals surface area contributed by atoms with Gasteiger partial charge in [-0.2, -0.15) is 0 Å². The Hall–Kier alpha value is -0.120. The topological polar surface area (TPSA) is 38.5 Å². The van der Waals surface area contributed by atoms with Crippen molar-refractivity contribution < 1.29 is 4.74 Å². The third-order valence-corrected chi connectivity index (χ3v) is 4.79. The fourth-order valence-corrected chi connectivity index (χ4v) is 3.36. The Labute approximate surface area is 119 Å². The van der Waals surface area contributed by atoms with E-state index < -0.39 is 0 Å². The van der Waals surface area contributed by atoms with E-state index in [4.69, 9.17) is 10.5 Å². The van der Waals surface area contributed by atoms with Crippen LogP contribution < -0.4 is 5.73 Å². The Bertz CT molecular complexity index is 223. The van der Waals surface area contributed by atoms with E-state index in [1.165, 1.54) is 44.9 Å². The molecule has 0 atom stereocenters. The zero-order valence-corrected chi connectivity index (χ0v) is 13.3. The molecule has 114 valence electrons. The van der Waals surface area contributed by atoms with Gasteiger partial charge < -0.3 is 10.5 Å². The molecule has 1 saturated carbocycles. The molecule has 0 aromatic rings. The fraction of sp³-hybridized carbons (Fsp3) is 1.00. The lowest BCUT2D eigenvalue weighted by Gasteiger charge is -2.37. The highest BCUT2D eigenvalue weighted by molar-refractivity contribution is 4.88. The molecule has 3 heteroatoms. The largest absolute Gasteiger partial charge is 0.383 e. The van der Waals surface area contributed by atoms with Gasteiger partial charge in [-0.05, 0) is 32.1 Å². The van der Waals surface area contributed by atoms with Crippen LogP contribution in [0.5, 0.6) is 0 Å². The minimum Gasteiger partial charge on any atom is -0.383 e. The van der Waals surface area contributed by atoms with E-state index in [0.717, 1.165) is 26.1 Å². The highest BCUT2D eigenvalue weighted by atomic mass is 16.5. The molecule has 2 N–H and O–H groups in total.